The summed E-state index contributed by atoms with van der Waals surface area (Å²) in [6.07, 6.45) is 0.481. The minimum Gasteiger partial charge on any atom is -0.368 e. The number of aromatic nitrogens is 1. The number of amides is 2. The van der Waals surface area contributed by atoms with Gasteiger partial charge >= 0.3 is 6.03 Å². The van der Waals surface area contributed by atoms with Gasteiger partial charge in [-0.3, -0.25) is 0 Å². The molecule has 1 aromatic heterocycles. The molecule has 1 saturated heterocycles. The van der Waals surface area contributed by atoms with Crippen LogP contribution in [0.4, 0.5) is 10.6 Å². The maximum atomic E-state index is 11.7. The third-order valence-corrected chi connectivity index (χ3v) is 5.65. The number of hydrogen-bond donors (Lipinski definition) is 3. The molecule has 1 atom stereocenters. The van der Waals surface area contributed by atoms with Crippen molar-refractivity contribution in [3.8, 4) is 0 Å². The second kappa shape index (κ2) is 7.04. The summed E-state index contributed by atoms with van der Waals surface area (Å²) in [4.78, 5) is 16.2. The molecule has 3 N–H and O–H groups in total. The molecule has 0 aliphatic carbocycles. The van der Waals surface area contributed by atoms with Crippen molar-refractivity contribution in [1.82, 2.24) is 15.6 Å². The summed E-state index contributed by atoms with van der Waals surface area (Å²) >= 11 is 0. The summed E-state index contributed by atoms with van der Waals surface area (Å²) in [6.45, 7) is 0.946. The molecule has 0 radical (unpaired) electrons. The first-order valence-electron chi connectivity index (χ1n) is 7.86. The van der Waals surface area contributed by atoms with Crippen molar-refractivity contribution in [1.29, 1.82) is 0 Å². The van der Waals surface area contributed by atoms with E-state index in [0.717, 1.165) is 16.7 Å². The fourth-order valence-electron chi connectivity index (χ4n) is 2.68. The number of anilines is 1. The van der Waals surface area contributed by atoms with E-state index in [-0.39, 0.29) is 23.6 Å². The second-order valence-electron chi connectivity index (χ2n) is 5.82. The number of benzene rings is 1. The summed E-state index contributed by atoms with van der Waals surface area (Å²) < 4.78 is 22.7. The highest BCUT2D eigenvalue weighted by atomic mass is 32.2. The highest BCUT2D eigenvalue weighted by Crippen LogP contribution is 2.14. The Kier molecular flexibility index (Phi) is 4.84. The number of nitrogens with zero attached hydrogens (tertiary/aromatic N) is 1. The lowest BCUT2D eigenvalue weighted by molar-refractivity contribution is 0.238. The molecule has 2 aromatic rings. The highest BCUT2D eigenvalue weighted by molar-refractivity contribution is 7.91. The average molecular weight is 348 g/mol. The minimum absolute atomic E-state index is 0.0275. The van der Waals surface area contributed by atoms with Crippen molar-refractivity contribution in [3.05, 3.63) is 36.4 Å². The number of carbonyl (C=O) groups is 1. The quantitative estimate of drug-likeness (QED) is 0.704. The van der Waals surface area contributed by atoms with Gasteiger partial charge in [0.1, 0.15) is 5.82 Å². The van der Waals surface area contributed by atoms with Gasteiger partial charge in [-0.15, -0.1) is 0 Å². The van der Waals surface area contributed by atoms with Gasteiger partial charge in [0.2, 0.25) is 0 Å². The SMILES string of the molecule is O=C(NCCNc1ccc2ccccc2n1)N[C@@H]1CCS(=O)(=O)C1. The predicted octanol–water partition coefficient (Wildman–Crippen LogP) is 1.13. The van der Waals surface area contributed by atoms with E-state index in [4.69, 9.17) is 0 Å². The average Bonchev–Trinajstić information content (AvgIpc) is 2.90. The number of fused-ring (bicyclic) bond motifs is 1. The smallest absolute Gasteiger partial charge is 0.315 e. The van der Waals surface area contributed by atoms with Crippen molar-refractivity contribution >= 4 is 32.6 Å². The Labute approximate surface area is 140 Å². The molecule has 1 fully saturated rings. The summed E-state index contributed by atoms with van der Waals surface area (Å²) in [7, 11) is -2.98. The van der Waals surface area contributed by atoms with Gasteiger partial charge in [-0.05, 0) is 24.6 Å². The van der Waals surface area contributed by atoms with E-state index in [1.54, 1.807) is 0 Å². The Balaban J connectivity index is 1.40. The lowest BCUT2D eigenvalue weighted by atomic mass is 10.2. The molecule has 0 saturated carbocycles. The molecule has 2 amide bonds. The van der Waals surface area contributed by atoms with Crippen molar-refractivity contribution in [3.63, 3.8) is 0 Å². The molecule has 1 aliphatic rings. The van der Waals surface area contributed by atoms with E-state index >= 15 is 0 Å². The molecular formula is C16H20N4O3S. The van der Waals surface area contributed by atoms with Crippen LogP contribution in [0.15, 0.2) is 36.4 Å². The van der Waals surface area contributed by atoms with Gasteiger partial charge in [0.25, 0.3) is 0 Å². The third-order valence-electron chi connectivity index (χ3n) is 3.88. The number of sulfone groups is 1. The van der Waals surface area contributed by atoms with E-state index in [1.807, 2.05) is 36.4 Å². The number of carbonyl (C=O) groups excluding carboxylic acids is 1. The van der Waals surface area contributed by atoms with Crippen LogP contribution in [-0.2, 0) is 9.84 Å². The first-order valence-corrected chi connectivity index (χ1v) is 9.68. The Bertz CT molecular complexity index is 838. The van der Waals surface area contributed by atoms with E-state index in [0.29, 0.717) is 19.5 Å². The monoisotopic (exact) mass is 348 g/mol. The van der Waals surface area contributed by atoms with Gasteiger partial charge in [-0.1, -0.05) is 18.2 Å². The Morgan fingerprint density at radius 3 is 2.79 bits per heavy atom. The minimum atomic E-state index is -2.98. The number of nitrogens with one attached hydrogen (secondary N) is 3. The Hall–Kier alpha value is -2.35. The maximum Gasteiger partial charge on any atom is 0.315 e. The van der Waals surface area contributed by atoms with Crippen LogP contribution < -0.4 is 16.0 Å². The molecular weight excluding hydrogens is 328 g/mol. The van der Waals surface area contributed by atoms with Crippen LogP contribution in [0.2, 0.25) is 0 Å². The van der Waals surface area contributed by atoms with Gasteiger partial charge in [-0.25, -0.2) is 18.2 Å². The Morgan fingerprint density at radius 2 is 2.00 bits per heavy atom. The van der Waals surface area contributed by atoms with Gasteiger partial charge < -0.3 is 16.0 Å². The van der Waals surface area contributed by atoms with Crippen LogP contribution in [0.25, 0.3) is 10.9 Å². The lowest BCUT2D eigenvalue weighted by Gasteiger charge is -2.12. The van der Waals surface area contributed by atoms with E-state index < -0.39 is 9.84 Å². The van der Waals surface area contributed by atoms with Crippen molar-refractivity contribution < 1.29 is 13.2 Å². The molecule has 1 aromatic carbocycles. The van der Waals surface area contributed by atoms with Gasteiger partial charge in [0.05, 0.1) is 17.0 Å². The van der Waals surface area contributed by atoms with Gasteiger partial charge in [0.15, 0.2) is 9.84 Å². The zero-order valence-electron chi connectivity index (χ0n) is 13.2. The van der Waals surface area contributed by atoms with E-state index in [9.17, 15) is 13.2 Å². The maximum absolute atomic E-state index is 11.7. The number of para-hydroxylation sites is 1. The van der Waals surface area contributed by atoms with Crippen LogP contribution in [-0.4, -0.2) is 50.1 Å². The number of pyridine rings is 1. The molecule has 1 aliphatic heterocycles. The summed E-state index contributed by atoms with van der Waals surface area (Å²) in [5.74, 6) is 0.921. The van der Waals surface area contributed by atoms with Crippen LogP contribution in [0.3, 0.4) is 0 Å². The molecule has 0 spiro atoms. The van der Waals surface area contributed by atoms with E-state index in [1.165, 1.54) is 0 Å². The zero-order chi connectivity index (χ0) is 17.0. The van der Waals surface area contributed by atoms with Crippen LogP contribution in [0, 0.1) is 0 Å². The Morgan fingerprint density at radius 1 is 1.17 bits per heavy atom. The first kappa shape index (κ1) is 16.5. The zero-order valence-corrected chi connectivity index (χ0v) is 14.0. The largest absolute Gasteiger partial charge is 0.368 e. The molecule has 128 valence electrons. The molecule has 0 bridgehead atoms. The van der Waals surface area contributed by atoms with Crippen LogP contribution in [0.1, 0.15) is 6.42 Å². The van der Waals surface area contributed by atoms with Gasteiger partial charge in [0, 0.05) is 24.5 Å². The number of urea groups is 1. The summed E-state index contributed by atoms with van der Waals surface area (Å²) in [6, 6.07) is 11.1. The van der Waals surface area contributed by atoms with Crippen LogP contribution in [0.5, 0.6) is 0 Å². The normalized spacial score (nSPS) is 19.1. The molecule has 24 heavy (non-hydrogen) atoms. The van der Waals surface area contributed by atoms with Gasteiger partial charge in [-0.2, -0.15) is 0 Å². The topological polar surface area (TPSA) is 100 Å². The standard InChI is InChI=1S/C16H20N4O3S/c21-16(19-13-7-10-24(22,23)11-13)18-9-8-17-15-6-5-12-3-1-2-4-14(12)20-15/h1-6,13H,7-11H2,(H,17,20)(H2,18,19,21)/t13-/m1/s1. The molecule has 3 rings (SSSR count). The number of rotatable bonds is 5. The van der Waals surface area contributed by atoms with Crippen molar-refractivity contribution in [2.45, 2.75) is 12.5 Å². The van der Waals surface area contributed by atoms with Crippen LogP contribution >= 0.6 is 0 Å². The van der Waals surface area contributed by atoms with E-state index in [2.05, 4.69) is 20.9 Å². The fourth-order valence-corrected chi connectivity index (χ4v) is 4.35. The third kappa shape index (κ3) is 4.35. The lowest BCUT2D eigenvalue weighted by Crippen LogP contribution is -2.44. The summed E-state index contributed by atoms with van der Waals surface area (Å²) in [5, 5.41) is 9.62. The first-order chi connectivity index (χ1) is 11.5. The summed E-state index contributed by atoms with van der Waals surface area (Å²) in [5.41, 5.74) is 0.913. The molecule has 0 unspecified atom stereocenters. The number of hydrogen-bond acceptors (Lipinski definition) is 5. The fraction of sp³-hybridized carbons (Fsp3) is 0.375. The predicted molar refractivity (Wildman–Crippen MR) is 93.8 cm³/mol. The second-order valence-corrected chi connectivity index (χ2v) is 8.04. The molecule has 8 heteroatoms. The molecule has 7 nitrogen and oxygen atoms in total. The highest BCUT2D eigenvalue weighted by Gasteiger charge is 2.28. The molecule has 2 heterocycles. The van der Waals surface area contributed by atoms with Crippen molar-refractivity contribution in [2.75, 3.05) is 29.9 Å². The van der Waals surface area contributed by atoms with Crippen molar-refractivity contribution in [2.24, 2.45) is 0 Å².